The topological polar surface area (TPSA) is 29.5 Å². The van der Waals surface area contributed by atoms with Gasteiger partial charge in [-0.25, -0.2) is 0 Å². The molecule has 0 saturated heterocycles. The molecule has 0 aliphatic rings. The Bertz CT molecular complexity index is 125. The molecule has 0 spiro atoms. The number of hydrogen-bond donors (Lipinski definition) is 1. The average Bonchev–Trinajstić information content (AvgIpc) is 1.89. The van der Waals surface area contributed by atoms with Gasteiger partial charge in [-0.3, -0.25) is 0 Å². The predicted molar refractivity (Wildman–Crippen MR) is 42.0 cm³/mol. The van der Waals surface area contributed by atoms with Crippen molar-refractivity contribution in [2.75, 3.05) is 13.7 Å². The molecule has 0 aromatic rings. The van der Waals surface area contributed by atoms with Crippen LogP contribution in [0, 0.1) is 0 Å². The number of aliphatic hydroxyl groups is 1. The van der Waals surface area contributed by atoms with E-state index in [4.69, 9.17) is 9.84 Å². The van der Waals surface area contributed by atoms with Crippen molar-refractivity contribution < 1.29 is 9.84 Å². The molecule has 0 aliphatic carbocycles. The summed E-state index contributed by atoms with van der Waals surface area (Å²) in [5.41, 5.74) is 0. The summed E-state index contributed by atoms with van der Waals surface area (Å²) in [6.07, 6.45) is 5.92. The van der Waals surface area contributed by atoms with Gasteiger partial charge < -0.3 is 9.84 Å². The summed E-state index contributed by atoms with van der Waals surface area (Å²) in [4.78, 5) is 0. The largest absolute Gasteiger partial charge is 0.508 e. The Balaban J connectivity index is 3.47. The van der Waals surface area contributed by atoms with Gasteiger partial charge in [0, 0.05) is 13.7 Å². The fourth-order valence-electron chi connectivity index (χ4n) is 0.563. The molecule has 0 rings (SSSR count). The summed E-state index contributed by atoms with van der Waals surface area (Å²) in [5, 5.41) is 8.99. The van der Waals surface area contributed by atoms with E-state index in [-0.39, 0.29) is 0 Å². The summed E-state index contributed by atoms with van der Waals surface area (Å²) >= 11 is 0. The zero-order valence-corrected chi connectivity index (χ0v) is 6.50. The van der Waals surface area contributed by atoms with E-state index in [1.54, 1.807) is 25.3 Å². The van der Waals surface area contributed by atoms with Gasteiger partial charge in [0.25, 0.3) is 0 Å². The third-order valence-corrected chi connectivity index (χ3v) is 1.01. The Kier molecular flexibility index (Phi) is 5.88. The number of allylic oxidation sites excluding steroid dienone is 2. The van der Waals surface area contributed by atoms with E-state index in [9.17, 15) is 0 Å². The first-order valence-corrected chi connectivity index (χ1v) is 3.32. The molecule has 0 unspecified atom stereocenters. The van der Waals surface area contributed by atoms with Crippen LogP contribution in [0.25, 0.3) is 0 Å². The maximum Gasteiger partial charge on any atom is 0.111 e. The van der Waals surface area contributed by atoms with Crippen molar-refractivity contribution in [3.63, 3.8) is 0 Å². The third kappa shape index (κ3) is 5.38. The van der Waals surface area contributed by atoms with Crippen molar-refractivity contribution in [1.29, 1.82) is 0 Å². The molecule has 0 amide bonds. The maximum absolute atomic E-state index is 8.99. The first-order valence-electron chi connectivity index (χ1n) is 3.32. The molecular formula is C8H14O2. The molecule has 2 nitrogen and oxygen atoms in total. The minimum atomic E-state index is 0.305. The van der Waals surface area contributed by atoms with Crippen LogP contribution in [0.4, 0.5) is 0 Å². The molecule has 0 saturated carbocycles. The van der Waals surface area contributed by atoms with Crippen LogP contribution in [0.15, 0.2) is 24.0 Å². The highest BCUT2D eigenvalue weighted by Gasteiger charge is 1.83. The van der Waals surface area contributed by atoms with Crippen LogP contribution >= 0.6 is 0 Å². The third-order valence-electron chi connectivity index (χ3n) is 1.01. The number of rotatable bonds is 4. The molecule has 0 aliphatic heterocycles. The number of ether oxygens (including phenoxy) is 1. The quantitative estimate of drug-likeness (QED) is 0.370. The molecule has 0 aromatic carbocycles. The van der Waals surface area contributed by atoms with Crippen LogP contribution in [-0.4, -0.2) is 18.8 Å². The van der Waals surface area contributed by atoms with Crippen molar-refractivity contribution >= 4 is 0 Å². The molecule has 0 bridgehead atoms. The fraction of sp³-hybridized carbons (Fsp3) is 0.500. The van der Waals surface area contributed by atoms with Gasteiger partial charge in [-0.1, -0.05) is 6.08 Å². The van der Waals surface area contributed by atoms with Gasteiger partial charge in [0.15, 0.2) is 0 Å². The highest BCUT2D eigenvalue weighted by atomic mass is 16.5. The second kappa shape index (κ2) is 6.36. The van der Waals surface area contributed by atoms with Crippen molar-refractivity contribution in [1.82, 2.24) is 0 Å². The Hall–Kier alpha value is -0.760. The number of methoxy groups -OCH3 is 1. The van der Waals surface area contributed by atoms with Gasteiger partial charge in [0.1, 0.15) is 5.76 Å². The molecule has 0 aromatic heterocycles. The Morgan fingerprint density at radius 1 is 1.60 bits per heavy atom. The van der Waals surface area contributed by atoms with Crippen molar-refractivity contribution in [2.24, 2.45) is 0 Å². The minimum Gasteiger partial charge on any atom is -0.508 e. The lowest BCUT2D eigenvalue weighted by atomic mass is 10.3. The lowest BCUT2D eigenvalue weighted by Gasteiger charge is -1.92. The zero-order chi connectivity index (χ0) is 7.82. The van der Waals surface area contributed by atoms with Crippen LogP contribution in [-0.2, 0) is 4.74 Å². The molecule has 2 heteroatoms. The van der Waals surface area contributed by atoms with Crippen LogP contribution < -0.4 is 0 Å². The van der Waals surface area contributed by atoms with Gasteiger partial charge in [0.05, 0.1) is 0 Å². The summed E-state index contributed by atoms with van der Waals surface area (Å²) in [6, 6.07) is 0. The maximum atomic E-state index is 8.99. The standard InChI is InChI=1S/C8H14O2/c1-3-5-8(9)6-4-7-10-2/h3,5-6,9H,4,7H2,1-2H3/b5-3-,8-6+. The highest BCUT2D eigenvalue weighted by Crippen LogP contribution is 1.93. The van der Waals surface area contributed by atoms with Crippen LogP contribution in [0.1, 0.15) is 13.3 Å². The average molecular weight is 142 g/mol. The van der Waals surface area contributed by atoms with E-state index in [1.807, 2.05) is 6.92 Å². The summed E-state index contributed by atoms with van der Waals surface area (Å²) in [6.45, 7) is 2.52. The van der Waals surface area contributed by atoms with Gasteiger partial charge in [-0.15, -0.1) is 0 Å². The summed E-state index contributed by atoms with van der Waals surface area (Å²) < 4.78 is 4.79. The number of aliphatic hydroxyl groups excluding tert-OH is 1. The van der Waals surface area contributed by atoms with Gasteiger partial charge >= 0.3 is 0 Å². The minimum absolute atomic E-state index is 0.305. The second-order valence-electron chi connectivity index (χ2n) is 1.91. The lowest BCUT2D eigenvalue weighted by Crippen LogP contribution is -1.85. The van der Waals surface area contributed by atoms with E-state index < -0.39 is 0 Å². The molecule has 1 N–H and O–H groups in total. The van der Waals surface area contributed by atoms with E-state index in [2.05, 4.69) is 0 Å². The van der Waals surface area contributed by atoms with E-state index >= 15 is 0 Å². The van der Waals surface area contributed by atoms with Crippen LogP contribution in [0.5, 0.6) is 0 Å². The smallest absolute Gasteiger partial charge is 0.111 e. The lowest BCUT2D eigenvalue weighted by molar-refractivity contribution is 0.203. The predicted octanol–water partition coefficient (Wildman–Crippen LogP) is 2.04. The van der Waals surface area contributed by atoms with Crippen molar-refractivity contribution in [3.8, 4) is 0 Å². The summed E-state index contributed by atoms with van der Waals surface area (Å²) in [5.74, 6) is 0.305. The molecule has 0 heterocycles. The first-order chi connectivity index (χ1) is 4.81. The van der Waals surface area contributed by atoms with E-state index in [0.717, 1.165) is 6.42 Å². The number of hydrogen-bond acceptors (Lipinski definition) is 2. The van der Waals surface area contributed by atoms with Crippen molar-refractivity contribution in [3.05, 3.63) is 24.0 Å². The van der Waals surface area contributed by atoms with Gasteiger partial charge in [-0.05, 0) is 25.5 Å². The Morgan fingerprint density at radius 2 is 2.30 bits per heavy atom. The van der Waals surface area contributed by atoms with E-state index in [0.29, 0.717) is 12.4 Å². The second-order valence-corrected chi connectivity index (χ2v) is 1.91. The Labute approximate surface area is 61.8 Å². The first kappa shape index (κ1) is 9.24. The molecule has 0 radical (unpaired) electrons. The SMILES string of the molecule is C/C=C\C(O)=C/CCOC. The van der Waals surface area contributed by atoms with E-state index in [1.165, 1.54) is 0 Å². The zero-order valence-electron chi connectivity index (χ0n) is 6.50. The molecule has 0 atom stereocenters. The van der Waals surface area contributed by atoms with Gasteiger partial charge in [0.2, 0.25) is 0 Å². The van der Waals surface area contributed by atoms with Crippen LogP contribution in [0.2, 0.25) is 0 Å². The Morgan fingerprint density at radius 3 is 2.80 bits per heavy atom. The molecule has 10 heavy (non-hydrogen) atoms. The molecular weight excluding hydrogens is 128 g/mol. The van der Waals surface area contributed by atoms with Crippen molar-refractivity contribution in [2.45, 2.75) is 13.3 Å². The highest BCUT2D eigenvalue weighted by molar-refractivity contribution is 5.08. The molecule has 58 valence electrons. The molecule has 0 fully saturated rings. The normalized spacial score (nSPS) is 12.8. The van der Waals surface area contributed by atoms with Gasteiger partial charge in [-0.2, -0.15) is 0 Å². The van der Waals surface area contributed by atoms with Crippen LogP contribution in [0.3, 0.4) is 0 Å². The monoisotopic (exact) mass is 142 g/mol. The summed E-state index contributed by atoms with van der Waals surface area (Å²) in [7, 11) is 1.64. The fourth-order valence-corrected chi connectivity index (χ4v) is 0.563.